The van der Waals surface area contributed by atoms with E-state index in [0.29, 0.717) is 24.2 Å². The van der Waals surface area contributed by atoms with Gasteiger partial charge >= 0.3 is 0 Å². The number of carbonyl (C=O) groups excluding carboxylic acids is 4. The third-order valence-electron chi connectivity index (χ3n) is 8.17. The standard InChI is InChI=1S/C33H32FN7O4/c34-25-13-9-21(10-14-25)11-16-30(43)41(38-29(42)17-22-5-2-1-3-6-22)27-15-12-23-7-4-8-24-18-28(40(31(23)24)33(27)45)32(44)35-19-26-20-36-39-37-26/h1-10,13-14,20,27-28H,11-12,15-19H2,(H,35,44)(H,38,42)(H,36,37,39)/t27-,28-/m0/s1. The van der Waals surface area contributed by atoms with E-state index in [-0.39, 0.29) is 44.0 Å². The zero-order valence-electron chi connectivity index (χ0n) is 24.4. The second kappa shape index (κ2) is 13.1. The highest BCUT2D eigenvalue weighted by Gasteiger charge is 2.46. The summed E-state index contributed by atoms with van der Waals surface area (Å²) in [5.74, 6) is -2.11. The van der Waals surface area contributed by atoms with Crippen molar-refractivity contribution in [3.63, 3.8) is 0 Å². The first-order chi connectivity index (χ1) is 21.9. The van der Waals surface area contributed by atoms with Gasteiger partial charge in [0.1, 0.15) is 23.6 Å². The third-order valence-corrected chi connectivity index (χ3v) is 8.17. The Hall–Kier alpha value is -5.39. The lowest BCUT2D eigenvalue weighted by Gasteiger charge is -2.34. The summed E-state index contributed by atoms with van der Waals surface area (Å²) >= 11 is 0. The Kier molecular flexibility index (Phi) is 8.63. The normalized spacial score (nSPS) is 16.9. The fourth-order valence-corrected chi connectivity index (χ4v) is 5.96. The summed E-state index contributed by atoms with van der Waals surface area (Å²) in [5, 5.41) is 14.2. The first-order valence-electron chi connectivity index (χ1n) is 14.8. The topological polar surface area (TPSA) is 140 Å². The number of halogens is 1. The Labute approximate surface area is 258 Å². The Morgan fingerprint density at radius 2 is 1.76 bits per heavy atom. The van der Waals surface area contributed by atoms with Gasteiger partial charge in [0.25, 0.3) is 5.91 Å². The molecular weight excluding hydrogens is 577 g/mol. The molecule has 0 saturated heterocycles. The first kappa shape index (κ1) is 29.7. The van der Waals surface area contributed by atoms with Crippen LogP contribution in [0.15, 0.2) is 79.0 Å². The van der Waals surface area contributed by atoms with Crippen LogP contribution in [0.3, 0.4) is 0 Å². The van der Waals surface area contributed by atoms with Gasteiger partial charge in [-0.25, -0.2) is 9.40 Å². The molecule has 0 aliphatic carbocycles. The number of hydrazine groups is 1. The van der Waals surface area contributed by atoms with Crippen LogP contribution in [0.25, 0.3) is 0 Å². The van der Waals surface area contributed by atoms with Crippen molar-refractivity contribution in [2.24, 2.45) is 0 Å². The van der Waals surface area contributed by atoms with Crippen LogP contribution in [0.1, 0.15) is 40.8 Å². The number of aromatic nitrogens is 3. The highest BCUT2D eigenvalue weighted by atomic mass is 19.1. The number of aromatic amines is 1. The second-order valence-corrected chi connectivity index (χ2v) is 11.2. The van der Waals surface area contributed by atoms with Crippen LogP contribution in [0.4, 0.5) is 10.1 Å². The van der Waals surface area contributed by atoms with Gasteiger partial charge in [0, 0.05) is 19.0 Å². The average Bonchev–Trinajstić information content (AvgIpc) is 3.68. The SMILES string of the molecule is O=C(Cc1ccccc1)NN(C(=O)CCc1ccc(F)cc1)[C@H]1CCc2cccc3c2N(C1=O)[C@H](C(=O)NCc1c[nH]nn1)C3. The smallest absolute Gasteiger partial charge is 0.252 e. The van der Waals surface area contributed by atoms with E-state index in [1.165, 1.54) is 17.0 Å². The van der Waals surface area contributed by atoms with Gasteiger partial charge in [-0.2, -0.15) is 0 Å². The molecule has 2 aliphatic rings. The molecule has 2 atom stereocenters. The maximum atomic E-state index is 14.4. The molecule has 0 unspecified atom stereocenters. The van der Waals surface area contributed by atoms with Crippen molar-refractivity contribution < 1.29 is 23.6 Å². The number of benzene rings is 3. The Balaban J connectivity index is 1.27. The molecule has 6 rings (SSSR count). The van der Waals surface area contributed by atoms with Crippen molar-refractivity contribution in [3.05, 3.63) is 113 Å². The van der Waals surface area contributed by atoms with Crippen molar-refractivity contribution in [1.82, 2.24) is 31.2 Å². The maximum Gasteiger partial charge on any atom is 0.252 e. The van der Waals surface area contributed by atoms with Crippen molar-refractivity contribution in [3.8, 4) is 0 Å². The molecular formula is C33H32FN7O4. The monoisotopic (exact) mass is 609 g/mol. The van der Waals surface area contributed by atoms with E-state index in [4.69, 9.17) is 0 Å². The van der Waals surface area contributed by atoms with Crippen molar-refractivity contribution >= 4 is 29.3 Å². The van der Waals surface area contributed by atoms with Crippen LogP contribution in [-0.2, 0) is 51.4 Å². The number of rotatable bonds is 9. The number of nitrogens with one attached hydrogen (secondary N) is 3. The van der Waals surface area contributed by atoms with Crippen molar-refractivity contribution in [2.75, 3.05) is 4.90 Å². The molecule has 45 heavy (non-hydrogen) atoms. The van der Waals surface area contributed by atoms with E-state index in [1.807, 2.05) is 48.5 Å². The summed E-state index contributed by atoms with van der Waals surface area (Å²) in [6.07, 6.45) is 2.85. The van der Waals surface area contributed by atoms with Gasteiger partial charge in [-0.05, 0) is 53.6 Å². The van der Waals surface area contributed by atoms with Gasteiger partial charge in [0.05, 0.1) is 18.7 Å². The number of nitrogens with zero attached hydrogens (tertiary/aromatic N) is 4. The molecule has 0 spiro atoms. The highest BCUT2D eigenvalue weighted by molar-refractivity contribution is 6.08. The molecule has 0 radical (unpaired) electrons. The van der Waals surface area contributed by atoms with Crippen LogP contribution in [0, 0.1) is 5.82 Å². The lowest BCUT2D eigenvalue weighted by molar-refractivity contribution is -0.148. The van der Waals surface area contributed by atoms with Crippen LogP contribution >= 0.6 is 0 Å². The molecule has 4 amide bonds. The number of amides is 4. The molecule has 12 heteroatoms. The quantitative estimate of drug-likeness (QED) is 0.249. The summed E-state index contributed by atoms with van der Waals surface area (Å²) in [4.78, 5) is 56.6. The van der Waals surface area contributed by atoms with Gasteiger partial charge < -0.3 is 5.32 Å². The van der Waals surface area contributed by atoms with Crippen LogP contribution in [0.5, 0.6) is 0 Å². The average molecular weight is 610 g/mol. The van der Waals surface area contributed by atoms with Gasteiger partial charge in [-0.1, -0.05) is 65.9 Å². The molecule has 11 nitrogen and oxygen atoms in total. The molecule has 230 valence electrons. The van der Waals surface area contributed by atoms with E-state index in [9.17, 15) is 23.6 Å². The molecule has 1 aromatic heterocycles. The first-order valence-corrected chi connectivity index (χ1v) is 14.8. The highest BCUT2D eigenvalue weighted by Crippen LogP contribution is 2.39. The second-order valence-electron chi connectivity index (χ2n) is 11.2. The van der Waals surface area contributed by atoms with E-state index >= 15 is 0 Å². The van der Waals surface area contributed by atoms with Crippen LogP contribution in [-0.4, -0.2) is 56.1 Å². The number of hydrogen-bond acceptors (Lipinski definition) is 6. The summed E-state index contributed by atoms with van der Waals surface area (Å²) in [6.45, 7) is 0.129. The Morgan fingerprint density at radius 3 is 2.51 bits per heavy atom. The maximum absolute atomic E-state index is 14.4. The Bertz CT molecular complexity index is 1700. The molecule has 0 saturated carbocycles. The molecule has 3 N–H and O–H groups in total. The predicted molar refractivity (Wildman–Crippen MR) is 162 cm³/mol. The van der Waals surface area contributed by atoms with E-state index in [0.717, 1.165) is 27.3 Å². The summed E-state index contributed by atoms with van der Waals surface area (Å²) in [7, 11) is 0. The van der Waals surface area contributed by atoms with Gasteiger partial charge in [0.15, 0.2) is 0 Å². The minimum atomic E-state index is -1.06. The zero-order chi connectivity index (χ0) is 31.3. The summed E-state index contributed by atoms with van der Waals surface area (Å²) in [6, 6.07) is 18.8. The van der Waals surface area contributed by atoms with Crippen LogP contribution in [0.2, 0.25) is 0 Å². The van der Waals surface area contributed by atoms with E-state index < -0.39 is 29.8 Å². The minimum absolute atomic E-state index is 0.00462. The summed E-state index contributed by atoms with van der Waals surface area (Å²) < 4.78 is 13.5. The molecule has 0 fully saturated rings. The van der Waals surface area contributed by atoms with Gasteiger partial charge in [0.2, 0.25) is 17.7 Å². The van der Waals surface area contributed by atoms with Crippen LogP contribution < -0.4 is 15.6 Å². The van der Waals surface area contributed by atoms with E-state index in [2.05, 4.69) is 26.2 Å². The minimum Gasteiger partial charge on any atom is -0.348 e. The molecule has 0 bridgehead atoms. The van der Waals surface area contributed by atoms with Gasteiger partial charge in [-0.3, -0.25) is 34.6 Å². The molecule has 2 aliphatic heterocycles. The Morgan fingerprint density at radius 1 is 0.978 bits per heavy atom. The molecule has 3 aromatic carbocycles. The third kappa shape index (κ3) is 6.59. The number of anilines is 1. The lowest BCUT2D eigenvalue weighted by Crippen LogP contribution is -2.60. The number of aryl methyl sites for hydroxylation is 2. The fourth-order valence-electron chi connectivity index (χ4n) is 5.96. The zero-order valence-corrected chi connectivity index (χ0v) is 24.4. The fraction of sp³-hybridized carbons (Fsp3) is 0.273. The number of H-pyrrole nitrogens is 1. The summed E-state index contributed by atoms with van der Waals surface area (Å²) in [5.41, 5.74) is 7.21. The van der Waals surface area contributed by atoms with E-state index in [1.54, 1.807) is 18.3 Å². The van der Waals surface area contributed by atoms with Crippen molar-refractivity contribution in [2.45, 2.75) is 57.2 Å². The number of hydrogen-bond donors (Lipinski definition) is 3. The molecule has 3 heterocycles. The largest absolute Gasteiger partial charge is 0.348 e. The number of para-hydroxylation sites is 1. The van der Waals surface area contributed by atoms with Gasteiger partial charge in [-0.15, -0.1) is 5.10 Å². The lowest BCUT2D eigenvalue weighted by atomic mass is 10.0. The predicted octanol–water partition coefficient (Wildman–Crippen LogP) is 2.57. The molecule has 4 aromatic rings. The number of carbonyl (C=O) groups is 4. The van der Waals surface area contributed by atoms with Crippen molar-refractivity contribution in [1.29, 1.82) is 0 Å².